The smallest absolute Gasteiger partial charge is 0.857 e. The van der Waals surface area contributed by atoms with Crippen LogP contribution in [0.2, 0.25) is 0 Å². The summed E-state index contributed by atoms with van der Waals surface area (Å²) in [7, 11) is -4.94. The molecule has 6 aromatic rings. The second kappa shape index (κ2) is 16.0. The van der Waals surface area contributed by atoms with Crippen LogP contribution < -0.4 is 10.2 Å². The van der Waals surface area contributed by atoms with Crippen molar-refractivity contribution in [2.75, 3.05) is 0 Å². The van der Waals surface area contributed by atoms with Gasteiger partial charge in [-0.3, -0.25) is 14.7 Å². The summed E-state index contributed by atoms with van der Waals surface area (Å²) in [6, 6.07) is 26.1. The van der Waals surface area contributed by atoms with Gasteiger partial charge in [0.2, 0.25) is 0 Å². The van der Waals surface area contributed by atoms with Crippen LogP contribution in [-0.4, -0.2) is 43.9 Å². The van der Waals surface area contributed by atoms with Crippen LogP contribution in [0.5, 0.6) is 17.4 Å². The molecule has 0 aliphatic rings. The quantitative estimate of drug-likeness (QED) is 0.0716. The van der Waals surface area contributed by atoms with E-state index in [0.717, 1.165) is 11.5 Å². The predicted molar refractivity (Wildman–Crippen MR) is 177 cm³/mol. The zero-order valence-corrected chi connectivity index (χ0v) is 28.6. The third-order valence-corrected chi connectivity index (χ3v) is 7.90. The molecule has 0 atom stereocenters. The summed E-state index contributed by atoms with van der Waals surface area (Å²) in [6.07, 6.45) is 0. The Kier molecular flexibility index (Phi) is 11.8. The largest absolute Gasteiger partial charge is 3.00 e. The molecule has 0 aliphatic carbocycles. The molecule has 0 aliphatic heterocycles. The number of non-ortho nitro benzene ring substituents is 1. The normalized spacial score (nSPS) is 11.3. The number of rotatable bonds is 8. The van der Waals surface area contributed by atoms with Crippen molar-refractivity contribution in [2.24, 2.45) is 20.5 Å². The molecule has 5 aromatic carbocycles. The van der Waals surface area contributed by atoms with Crippen LogP contribution in [0.15, 0.2) is 128 Å². The van der Waals surface area contributed by atoms with Crippen molar-refractivity contribution in [2.45, 2.75) is 11.8 Å². The average Bonchev–Trinajstić information content (AvgIpc) is 3.39. The van der Waals surface area contributed by atoms with Gasteiger partial charge in [-0.05, 0) is 36.6 Å². The summed E-state index contributed by atoms with van der Waals surface area (Å²) < 4.78 is 33.1. The van der Waals surface area contributed by atoms with Crippen LogP contribution in [0.1, 0.15) is 16.1 Å². The number of azo groups is 2. The number of aromatic carboxylic acids is 1. The number of nitro benzene ring substituents is 1. The summed E-state index contributed by atoms with van der Waals surface area (Å²) >= 11 is 0. The van der Waals surface area contributed by atoms with Crippen LogP contribution in [0.25, 0.3) is 16.5 Å². The van der Waals surface area contributed by atoms with Gasteiger partial charge in [0.25, 0.3) is 15.8 Å². The van der Waals surface area contributed by atoms with E-state index in [1.807, 2.05) is 6.07 Å². The van der Waals surface area contributed by atoms with Crippen molar-refractivity contribution in [1.29, 1.82) is 0 Å². The number of fused-ring (bicyclic) bond motifs is 1. The maximum Gasteiger partial charge on any atom is 3.00 e. The Labute approximate surface area is 304 Å². The van der Waals surface area contributed by atoms with Crippen molar-refractivity contribution >= 4 is 55.3 Å². The topological polar surface area (TPSA) is 268 Å². The predicted octanol–water partition coefficient (Wildman–Crippen LogP) is 5.85. The number of carbonyl (C=O) groups excluding carboxylic acids is 1. The van der Waals surface area contributed by atoms with Gasteiger partial charge in [0, 0.05) is 29.0 Å². The second-order valence-corrected chi connectivity index (χ2v) is 11.8. The van der Waals surface area contributed by atoms with Gasteiger partial charge < -0.3 is 25.2 Å². The number of carboxylic acid groups (broad SMARTS) is 1. The number of phenols is 2. The molecule has 3 N–H and O–H groups in total. The van der Waals surface area contributed by atoms with E-state index in [9.17, 15) is 43.8 Å². The number of nitrogens with zero attached hydrogens (tertiary/aromatic N) is 7. The summed E-state index contributed by atoms with van der Waals surface area (Å²) in [6.45, 7) is 1.64. The van der Waals surface area contributed by atoms with Crippen molar-refractivity contribution in [3.63, 3.8) is 0 Å². The molecule has 0 unspecified atom stereocenters. The number of aryl methyl sites for hydroxylation is 1. The molecule has 0 amide bonds. The minimum Gasteiger partial charge on any atom is -0.857 e. The van der Waals surface area contributed by atoms with Crippen molar-refractivity contribution in [3.8, 4) is 23.1 Å². The summed E-state index contributed by atoms with van der Waals surface area (Å²) in [5.74, 6) is -3.03. The van der Waals surface area contributed by atoms with E-state index in [-0.39, 0.29) is 45.7 Å². The number of hydrogen-bond donors (Lipinski definition) is 3. The molecule has 0 fully saturated rings. The van der Waals surface area contributed by atoms with E-state index in [1.54, 1.807) is 73.7 Å². The first kappa shape index (κ1) is 38.3. The van der Waals surface area contributed by atoms with E-state index in [2.05, 4.69) is 25.6 Å². The Balaban J connectivity index is 0.000000230. The number of carboxylic acids is 1. The van der Waals surface area contributed by atoms with Crippen molar-refractivity contribution < 1.29 is 60.5 Å². The number of carbonyl (C=O) groups is 1. The average molecular weight is 762 g/mol. The first-order chi connectivity index (χ1) is 24.3. The van der Waals surface area contributed by atoms with Gasteiger partial charge in [-0.25, -0.2) is 4.68 Å². The summed E-state index contributed by atoms with van der Waals surface area (Å²) in [5, 5.41) is 75.2. The molecule has 261 valence electrons. The zero-order chi connectivity index (χ0) is 36.9. The number of aromatic hydroxyl groups is 2. The van der Waals surface area contributed by atoms with E-state index in [0.29, 0.717) is 22.8 Å². The van der Waals surface area contributed by atoms with Gasteiger partial charge in [0.05, 0.1) is 28.0 Å². The number of aromatic nitrogens is 2. The molecule has 1 radical (unpaired) electrons. The molecule has 0 spiro atoms. The molecule has 1 aromatic heterocycles. The number of phenolic OH excluding ortho intramolecular Hbond substituents is 2. The van der Waals surface area contributed by atoms with Crippen LogP contribution in [0.4, 0.5) is 28.4 Å². The van der Waals surface area contributed by atoms with E-state index in [1.165, 1.54) is 22.9 Å². The Bertz CT molecular complexity index is 2470. The Morgan fingerprint density at radius 1 is 0.827 bits per heavy atom. The number of benzene rings is 5. The maximum absolute atomic E-state index is 12.4. The zero-order valence-electron chi connectivity index (χ0n) is 26.5. The van der Waals surface area contributed by atoms with Crippen LogP contribution >= 0.6 is 0 Å². The summed E-state index contributed by atoms with van der Waals surface area (Å²) in [5.41, 5.74) is -0.175. The molecule has 52 heavy (non-hydrogen) atoms. The van der Waals surface area contributed by atoms with Crippen molar-refractivity contribution in [3.05, 3.63) is 124 Å². The van der Waals surface area contributed by atoms with Crippen molar-refractivity contribution in [1.82, 2.24) is 9.78 Å². The van der Waals surface area contributed by atoms with Gasteiger partial charge in [0.15, 0.2) is 5.75 Å². The van der Waals surface area contributed by atoms with Crippen LogP contribution in [0.3, 0.4) is 0 Å². The van der Waals surface area contributed by atoms with E-state index in [4.69, 9.17) is 4.55 Å². The molecule has 1 heterocycles. The van der Waals surface area contributed by atoms with Gasteiger partial charge in [-0.15, -0.1) is 20.5 Å². The molecule has 17 nitrogen and oxygen atoms in total. The standard InChI is InChI=1S/C17H14N4O3.C16H11N3O7S.Cr/c1-11-15(16(22)21(20-11)12-7-3-2-4-8-12)19-18-14-10-6-5-9-13(14)17(23)24;20-13-6-5-9-3-1-2-4-11(9)15(13)18-17-12-7-10(19(22)23)8-14(16(12)21)27(24,25)26;/h2-10,22H,1H3,(H,23,24);1-8,20-21H,(H,24,25,26);/q;;+3/p-2. The van der Waals surface area contributed by atoms with E-state index >= 15 is 0 Å². The van der Waals surface area contributed by atoms with Crippen LogP contribution in [-0.2, 0) is 27.5 Å². The fourth-order valence-corrected chi connectivity index (χ4v) is 5.22. The fraction of sp³-hybridized carbons (Fsp3) is 0.0303. The third-order valence-electron chi connectivity index (χ3n) is 7.04. The minimum atomic E-state index is -4.94. The van der Waals surface area contributed by atoms with Gasteiger partial charge in [-0.1, -0.05) is 66.7 Å². The monoisotopic (exact) mass is 761 g/mol. The molecular weight excluding hydrogens is 738 g/mol. The Morgan fingerprint density at radius 2 is 1.44 bits per heavy atom. The van der Waals surface area contributed by atoms with E-state index < -0.39 is 48.9 Å². The first-order valence-electron chi connectivity index (χ1n) is 14.4. The summed E-state index contributed by atoms with van der Waals surface area (Å²) in [4.78, 5) is 20.1. The molecule has 6 rings (SSSR count). The first-order valence-corrected chi connectivity index (χ1v) is 15.9. The minimum absolute atomic E-state index is 0. The molecular formula is C33H23CrN7O10S+. The molecule has 0 bridgehead atoms. The van der Waals surface area contributed by atoms with Gasteiger partial charge in [0.1, 0.15) is 27.7 Å². The number of nitro groups is 1. The maximum atomic E-state index is 12.4. The fourth-order valence-electron chi connectivity index (χ4n) is 4.60. The SMILES string of the molecule is Cc1nn(-c2ccccc2)c([O-])c1N=Nc1ccccc1C(=O)[O-].O=[N+]([O-])c1cc(N=Nc2c(O)ccc3ccccc23)c(O)c(S(=O)(=O)O)c1.[Cr+3]. The Hall–Kier alpha value is -6.52. The Morgan fingerprint density at radius 3 is 2.12 bits per heavy atom. The second-order valence-electron chi connectivity index (χ2n) is 10.4. The number of hydrogen-bond acceptors (Lipinski definition) is 14. The van der Waals surface area contributed by atoms with Gasteiger partial charge in [-0.2, -0.15) is 13.5 Å². The number of para-hydroxylation sites is 1. The molecule has 0 saturated carbocycles. The van der Waals surface area contributed by atoms with Crippen LogP contribution in [0, 0.1) is 17.0 Å². The molecule has 19 heteroatoms. The molecule has 0 saturated heterocycles. The third kappa shape index (κ3) is 8.43. The van der Waals surface area contributed by atoms with Gasteiger partial charge >= 0.3 is 17.4 Å².